The number of nitrogens with one attached hydrogen (secondary N) is 3. The predicted molar refractivity (Wildman–Crippen MR) is 101 cm³/mol. The average molecular weight is 384 g/mol. The Kier molecular flexibility index (Phi) is 5.49. The van der Waals surface area contributed by atoms with Gasteiger partial charge in [-0.05, 0) is 38.1 Å². The highest BCUT2D eigenvalue weighted by molar-refractivity contribution is 5.99. The summed E-state index contributed by atoms with van der Waals surface area (Å²) in [5.74, 6) is -2.73. The second-order valence-corrected chi connectivity index (χ2v) is 6.43. The number of aromatic nitrogens is 2. The highest BCUT2D eigenvalue weighted by atomic mass is 19.1. The van der Waals surface area contributed by atoms with E-state index in [2.05, 4.69) is 26.9 Å². The van der Waals surface area contributed by atoms with Gasteiger partial charge in [-0.1, -0.05) is 17.2 Å². The summed E-state index contributed by atoms with van der Waals surface area (Å²) in [4.78, 5) is 23.9. The Morgan fingerprint density at radius 1 is 0.964 bits per heavy atom. The van der Waals surface area contributed by atoms with Gasteiger partial charge in [0.15, 0.2) is 5.82 Å². The fraction of sp³-hybridized carbons (Fsp3) is 0.150. The van der Waals surface area contributed by atoms with Crippen LogP contribution in [0, 0.1) is 25.5 Å². The Morgan fingerprint density at radius 3 is 2.25 bits per heavy atom. The van der Waals surface area contributed by atoms with Crippen LogP contribution in [0.25, 0.3) is 11.3 Å². The van der Waals surface area contributed by atoms with Gasteiger partial charge in [0.25, 0.3) is 5.91 Å². The number of amides is 2. The van der Waals surface area contributed by atoms with Gasteiger partial charge in [0.05, 0.1) is 12.2 Å². The van der Waals surface area contributed by atoms with E-state index in [1.54, 1.807) is 6.07 Å². The first-order valence-corrected chi connectivity index (χ1v) is 8.48. The predicted octanol–water partition coefficient (Wildman–Crippen LogP) is 3.34. The lowest BCUT2D eigenvalue weighted by Crippen LogP contribution is -2.33. The van der Waals surface area contributed by atoms with E-state index in [9.17, 15) is 18.4 Å². The summed E-state index contributed by atoms with van der Waals surface area (Å²) in [7, 11) is 0. The third-order valence-corrected chi connectivity index (χ3v) is 3.91. The minimum absolute atomic E-state index is 0.206. The highest BCUT2D eigenvalue weighted by Crippen LogP contribution is 2.22. The second kappa shape index (κ2) is 7.99. The third-order valence-electron chi connectivity index (χ3n) is 3.91. The standard InChI is InChI=1S/C20H18F2N4O2/c1-11-3-12(2)5-13(4-11)17-9-18(26-25-17)24-19(27)10-23-20(28)14-6-15(21)8-16(22)7-14/h3-9H,10H2,1-2H3,(H,23,28)(H2,24,25,26,27). The number of carbonyl (C=O) groups excluding carboxylic acids is 2. The van der Waals surface area contributed by atoms with Crippen LogP contribution in [-0.2, 0) is 4.79 Å². The lowest BCUT2D eigenvalue weighted by atomic mass is 10.1. The Labute approximate surface area is 160 Å². The van der Waals surface area contributed by atoms with Crippen molar-refractivity contribution in [3.8, 4) is 11.3 Å². The SMILES string of the molecule is Cc1cc(C)cc(-c2cc(NC(=O)CNC(=O)c3cc(F)cc(F)c3)n[nH]2)c1. The minimum Gasteiger partial charge on any atom is -0.343 e. The summed E-state index contributed by atoms with van der Waals surface area (Å²) >= 11 is 0. The van der Waals surface area contributed by atoms with Gasteiger partial charge in [-0.3, -0.25) is 14.7 Å². The van der Waals surface area contributed by atoms with Crippen LogP contribution in [0.15, 0.2) is 42.5 Å². The van der Waals surface area contributed by atoms with Crippen molar-refractivity contribution in [2.45, 2.75) is 13.8 Å². The van der Waals surface area contributed by atoms with Gasteiger partial charge in [0.1, 0.15) is 11.6 Å². The molecule has 6 nitrogen and oxygen atoms in total. The number of benzene rings is 2. The van der Waals surface area contributed by atoms with Gasteiger partial charge in [-0.25, -0.2) is 8.78 Å². The molecule has 3 rings (SSSR count). The lowest BCUT2D eigenvalue weighted by Gasteiger charge is -2.05. The van der Waals surface area contributed by atoms with Crippen molar-refractivity contribution in [2.75, 3.05) is 11.9 Å². The van der Waals surface area contributed by atoms with Crippen LogP contribution in [0.3, 0.4) is 0 Å². The monoisotopic (exact) mass is 384 g/mol. The molecular weight excluding hydrogens is 366 g/mol. The molecule has 0 radical (unpaired) electrons. The van der Waals surface area contributed by atoms with Crippen molar-refractivity contribution in [1.29, 1.82) is 0 Å². The maximum atomic E-state index is 13.2. The summed E-state index contributed by atoms with van der Waals surface area (Å²) in [5, 5.41) is 11.7. The highest BCUT2D eigenvalue weighted by Gasteiger charge is 2.12. The number of carbonyl (C=O) groups is 2. The molecule has 0 aliphatic rings. The molecule has 0 aliphatic carbocycles. The molecule has 28 heavy (non-hydrogen) atoms. The summed E-state index contributed by atoms with van der Waals surface area (Å²) < 4.78 is 26.3. The van der Waals surface area contributed by atoms with E-state index in [1.165, 1.54) is 0 Å². The molecule has 3 aromatic rings. The van der Waals surface area contributed by atoms with E-state index in [-0.39, 0.29) is 12.1 Å². The van der Waals surface area contributed by atoms with Crippen LogP contribution >= 0.6 is 0 Å². The number of halogens is 2. The molecule has 2 aromatic carbocycles. The van der Waals surface area contributed by atoms with Crippen molar-refractivity contribution >= 4 is 17.6 Å². The number of hydrogen-bond acceptors (Lipinski definition) is 3. The maximum Gasteiger partial charge on any atom is 0.251 e. The lowest BCUT2D eigenvalue weighted by molar-refractivity contribution is -0.115. The molecule has 1 heterocycles. The topological polar surface area (TPSA) is 86.9 Å². The van der Waals surface area contributed by atoms with Crippen LogP contribution in [0.4, 0.5) is 14.6 Å². The summed E-state index contributed by atoms with van der Waals surface area (Å²) in [6.07, 6.45) is 0. The first kappa shape index (κ1) is 19.2. The van der Waals surface area contributed by atoms with Crippen molar-refractivity contribution in [1.82, 2.24) is 15.5 Å². The molecule has 3 N–H and O–H groups in total. The van der Waals surface area contributed by atoms with Gasteiger partial charge in [-0.15, -0.1) is 0 Å². The van der Waals surface area contributed by atoms with Gasteiger partial charge in [0.2, 0.25) is 5.91 Å². The molecule has 8 heteroatoms. The number of hydrogen-bond donors (Lipinski definition) is 3. The Hall–Kier alpha value is -3.55. The molecule has 0 unspecified atom stereocenters. The zero-order valence-corrected chi connectivity index (χ0v) is 15.3. The van der Waals surface area contributed by atoms with Gasteiger partial charge in [-0.2, -0.15) is 5.10 Å². The van der Waals surface area contributed by atoms with E-state index in [1.807, 2.05) is 26.0 Å². The van der Waals surface area contributed by atoms with Crippen molar-refractivity contribution in [3.63, 3.8) is 0 Å². The van der Waals surface area contributed by atoms with Crippen LogP contribution in [-0.4, -0.2) is 28.6 Å². The van der Waals surface area contributed by atoms with Gasteiger partial charge >= 0.3 is 0 Å². The molecule has 1 aromatic heterocycles. The largest absolute Gasteiger partial charge is 0.343 e. The maximum absolute atomic E-state index is 13.2. The fourth-order valence-electron chi connectivity index (χ4n) is 2.80. The van der Waals surface area contributed by atoms with E-state index in [0.717, 1.165) is 34.5 Å². The Balaban J connectivity index is 1.59. The van der Waals surface area contributed by atoms with Crippen molar-refractivity contribution < 1.29 is 18.4 Å². The molecule has 0 aliphatic heterocycles. The normalized spacial score (nSPS) is 10.6. The number of anilines is 1. The minimum atomic E-state index is -0.870. The average Bonchev–Trinajstić information content (AvgIpc) is 3.06. The quantitative estimate of drug-likeness (QED) is 0.631. The first-order valence-electron chi connectivity index (χ1n) is 8.48. The molecule has 2 amide bonds. The molecule has 0 spiro atoms. The first-order chi connectivity index (χ1) is 13.3. The molecule has 0 saturated heterocycles. The molecular formula is C20H18F2N4O2. The van der Waals surface area contributed by atoms with Gasteiger partial charge in [0, 0.05) is 23.3 Å². The third kappa shape index (κ3) is 4.79. The van der Waals surface area contributed by atoms with Crippen LogP contribution in [0.2, 0.25) is 0 Å². The molecule has 0 bridgehead atoms. The molecule has 144 valence electrons. The zero-order valence-electron chi connectivity index (χ0n) is 15.3. The summed E-state index contributed by atoms with van der Waals surface area (Å²) in [5.41, 5.74) is 3.67. The van der Waals surface area contributed by atoms with Crippen LogP contribution in [0.5, 0.6) is 0 Å². The zero-order chi connectivity index (χ0) is 20.3. The summed E-state index contributed by atoms with van der Waals surface area (Å²) in [6, 6.07) is 10.1. The summed E-state index contributed by atoms with van der Waals surface area (Å²) in [6.45, 7) is 3.61. The molecule has 0 saturated carbocycles. The van der Waals surface area contributed by atoms with E-state index < -0.39 is 23.4 Å². The van der Waals surface area contributed by atoms with E-state index in [0.29, 0.717) is 11.9 Å². The molecule has 0 atom stereocenters. The fourth-order valence-corrected chi connectivity index (χ4v) is 2.80. The van der Waals surface area contributed by atoms with Crippen molar-refractivity contribution in [3.05, 3.63) is 70.8 Å². The van der Waals surface area contributed by atoms with Crippen molar-refractivity contribution in [2.24, 2.45) is 0 Å². The number of H-pyrrole nitrogens is 1. The Bertz CT molecular complexity index is 1010. The molecule has 0 fully saturated rings. The van der Waals surface area contributed by atoms with Gasteiger partial charge < -0.3 is 10.6 Å². The second-order valence-electron chi connectivity index (χ2n) is 6.43. The number of nitrogens with zero attached hydrogens (tertiary/aromatic N) is 1. The van der Waals surface area contributed by atoms with Crippen LogP contribution < -0.4 is 10.6 Å². The number of aryl methyl sites for hydroxylation is 2. The van der Waals surface area contributed by atoms with E-state index in [4.69, 9.17) is 0 Å². The number of aromatic amines is 1. The van der Waals surface area contributed by atoms with Crippen LogP contribution in [0.1, 0.15) is 21.5 Å². The number of rotatable bonds is 5. The van der Waals surface area contributed by atoms with E-state index >= 15 is 0 Å². The smallest absolute Gasteiger partial charge is 0.251 e. The Morgan fingerprint density at radius 2 is 1.61 bits per heavy atom.